The van der Waals surface area contributed by atoms with Crippen LogP contribution in [-0.2, 0) is 4.79 Å². The summed E-state index contributed by atoms with van der Waals surface area (Å²) < 4.78 is 20.4. The summed E-state index contributed by atoms with van der Waals surface area (Å²) >= 11 is 0. The third kappa shape index (κ3) is 4.14. The zero-order valence-corrected chi connectivity index (χ0v) is 21.0. The van der Waals surface area contributed by atoms with E-state index in [-0.39, 0.29) is 17.9 Å². The van der Waals surface area contributed by atoms with Gasteiger partial charge in [0.05, 0.1) is 12.1 Å². The average molecular weight is 524 g/mol. The number of hydrogen-bond donors (Lipinski definition) is 3. The molecule has 3 fully saturated rings. The van der Waals surface area contributed by atoms with Crippen LogP contribution in [0.2, 0.25) is 0 Å². The molecular weight excluding hydrogens is 497 g/mol. The lowest BCUT2D eigenvalue weighted by atomic mass is 9.61. The Morgan fingerprint density at radius 1 is 1.00 bits per heavy atom. The van der Waals surface area contributed by atoms with E-state index in [2.05, 4.69) is 15.3 Å². The molecule has 2 atom stereocenters. The van der Waals surface area contributed by atoms with Crippen molar-refractivity contribution in [3.8, 4) is 22.9 Å². The lowest BCUT2D eigenvalue weighted by Crippen LogP contribution is -2.51. The van der Waals surface area contributed by atoms with Gasteiger partial charge in [-0.2, -0.15) is 0 Å². The maximum atomic E-state index is 14.2. The van der Waals surface area contributed by atoms with Gasteiger partial charge in [0.25, 0.3) is 0 Å². The minimum absolute atomic E-state index is 0.150. The van der Waals surface area contributed by atoms with Gasteiger partial charge in [-0.3, -0.25) is 4.79 Å². The van der Waals surface area contributed by atoms with Crippen molar-refractivity contribution in [3.05, 3.63) is 72.8 Å². The van der Waals surface area contributed by atoms with E-state index in [0.717, 1.165) is 37.3 Å². The Labute approximate surface area is 223 Å². The molecule has 9 heteroatoms. The second-order valence-electron chi connectivity index (χ2n) is 10.4. The molecule has 2 bridgehead atoms. The van der Waals surface area contributed by atoms with Gasteiger partial charge < -0.3 is 20.1 Å². The molecule has 2 aromatic carbocycles. The zero-order chi connectivity index (χ0) is 26.5. The van der Waals surface area contributed by atoms with Crippen molar-refractivity contribution in [3.63, 3.8) is 0 Å². The Bertz CT molecular complexity index is 1700. The Balaban J connectivity index is 1.40. The number of rotatable bonds is 6. The molecule has 2 unspecified atom stereocenters. The number of pyridine rings is 1. The molecule has 196 valence electrons. The highest BCUT2D eigenvalue weighted by molar-refractivity contribution is 5.98. The van der Waals surface area contributed by atoms with Gasteiger partial charge in [0.1, 0.15) is 28.5 Å². The number of carboxylic acids is 1. The quantitative estimate of drug-likeness (QED) is 0.236. The number of ether oxygens (including phenoxy) is 1. The van der Waals surface area contributed by atoms with Gasteiger partial charge in [0, 0.05) is 28.6 Å². The molecule has 3 heterocycles. The normalized spacial score (nSPS) is 22.3. The molecule has 0 amide bonds. The molecule has 3 aromatic heterocycles. The fraction of sp³-hybridized carbons (Fsp3) is 0.267. The van der Waals surface area contributed by atoms with Crippen LogP contribution in [0.15, 0.2) is 67.0 Å². The molecule has 0 aliphatic heterocycles. The van der Waals surface area contributed by atoms with Crippen LogP contribution >= 0.6 is 0 Å². The topological polar surface area (TPSA) is 113 Å². The number of aliphatic carboxylic acids is 1. The minimum Gasteiger partial charge on any atom is -0.481 e. The summed E-state index contributed by atoms with van der Waals surface area (Å²) in [5, 5.41) is 15.0. The number of nitrogens with one attached hydrogen (secondary N) is 2. The minimum atomic E-state index is -0.772. The fourth-order valence-electron chi connectivity index (χ4n) is 6.39. The van der Waals surface area contributed by atoms with Gasteiger partial charge in [0.15, 0.2) is 11.6 Å². The summed E-state index contributed by atoms with van der Waals surface area (Å²) in [4.78, 5) is 29.4. The van der Waals surface area contributed by atoms with Gasteiger partial charge in [-0.15, -0.1) is 0 Å². The average Bonchev–Trinajstić information content (AvgIpc) is 3.37. The number of aromatic nitrogens is 4. The maximum Gasteiger partial charge on any atom is 0.308 e. The lowest BCUT2D eigenvalue weighted by Gasteiger charge is -2.47. The first-order chi connectivity index (χ1) is 19.0. The van der Waals surface area contributed by atoms with Crippen molar-refractivity contribution in [1.82, 2.24) is 19.9 Å². The predicted octanol–water partition coefficient (Wildman–Crippen LogP) is 6.41. The van der Waals surface area contributed by atoms with E-state index in [4.69, 9.17) is 14.7 Å². The van der Waals surface area contributed by atoms with Crippen molar-refractivity contribution in [2.24, 2.45) is 17.8 Å². The number of aromatic amines is 1. The lowest BCUT2D eigenvalue weighted by molar-refractivity contribution is -0.148. The van der Waals surface area contributed by atoms with E-state index in [1.54, 1.807) is 6.20 Å². The number of anilines is 1. The standard InChI is InChI=1S/C30H26FN5O3/c31-18-13-21-22(15-33-27(21)32-14-18)29-35-26-20(7-4-8-23(26)39-19-5-2-1-3-6-19)28(36-29)34-25-17-11-9-16(10-12-17)24(25)30(37)38/h1-8,13-17,24-25H,9-12H2,(H,32,33)(H,37,38)(H,34,35,36). The zero-order valence-electron chi connectivity index (χ0n) is 21.0. The van der Waals surface area contributed by atoms with Gasteiger partial charge in [-0.1, -0.05) is 24.3 Å². The number of carboxylic acid groups (broad SMARTS) is 1. The number of fused-ring (bicyclic) bond motifs is 5. The summed E-state index contributed by atoms with van der Waals surface area (Å²) in [5.41, 5.74) is 1.69. The van der Waals surface area contributed by atoms with Gasteiger partial charge in [-0.25, -0.2) is 19.3 Å². The number of hydrogen-bond acceptors (Lipinski definition) is 6. The Morgan fingerprint density at radius 2 is 1.79 bits per heavy atom. The highest BCUT2D eigenvalue weighted by atomic mass is 19.1. The third-order valence-corrected chi connectivity index (χ3v) is 8.21. The van der Waals surface area contributed by atoms with Crippen LogP contribution in [0.1, 0.15) is 25.7 Å². The van der Waals surface area contributed by atoms with E-state index in [9.17, 15) is 14.3 Å². The first kappa shape index (κ1) is 23.6. The third-order valence-electron chi connectivity index (χ3n) is 8.21. The molecule has 8 nitrogen and oxygen atoms in total. The monoisotopic (exact) mass is 523 g/mol. The summed E-state index contributed by atoms with van der Waals surface area (Å²) in [5.74, 6) is 0.780. The van der Waals surface area contributed by atoms with Crippen LogP contribution in [0.5, 0.6) is 11.5 Å². The van der Waals surface area contributed by atoms with E-state index in [1.807, 2.05) is 48.5 Å². The molecule has 8 rings (SSSR count). The number of nitrogens with zero attached hydrogens (tertiary/aromatic N) is 3. The maximum absolute atomic E-state index is 14.2. The van der Waals surface area contributed by atoms with Crippen molar-refractivity contribution in [2.75, 3.05) is 5.32 Å². The summed E-state index contributed by atoms with van der Waals surface area (Å²) in [6.07, 6.45) is 6.75. The van der Waals surface area contributed by atoms with E-state index in [0.29, 0.717) is 45.3 Å². The van der Waals surface area contributed by atoms with E-state index < -0.39 is 17.7 Å². The first-order valence-corrected chi connectivity index (χ1v) is 13.2. The number of halogens is 1. The highest BCUT2D eigenvalue weighted by Crippen LogP contribution is 2.47. The molecule has 0 radical (unpaired) electrons. The SMILES string of the molecule is O=C(O)C1C2CCC(CC2)C1Nc1nc(-c2c[nH]c3ncc(F)cc23)nc2c(Oc3ccccc3)cccc12. The van der Waals surface area contributed by atoms with Crippen LogP contribution in [0.25, 0.3) is 33.3 Å². The second kappa shape index (κ2) is 9.34. The molecule has 39 heavy (non-hydrogen) atoms. The Hall–Kier alpha value is -4.53. The summed E-state index contributed by atoms with van der Waals surface area (Å²) in [7, 11) is 0. The van der Waals surface area contributed by atoms with E-state index in [1.165, 1.54) is 6.07 Å². The van der Waals surface area contributed by atoms with Gasteiger partial charge in [-0.05, 0) is 67.9 Å². The molecule has 3 aliphatic rings. The van der Waals surface area contributed by atoms with Crippen LogP contribution in [0.3, 0.4) is 0 Å². The Morgan fingerprint density at radius 3 is 2.59 bits per heavy atom. The molecule has 0 saturated heterocycles. The van der Waals surface area contributed by atoms with Crippen molar-refractivity contribution >= 4 is 33.7 Å². The molecule has 3 N–H and O–H groups in total. The van der Waals surface area contributed by atoms with Gasteiger partial charge in [0.2, 0.25) is 0 Å². The second-order valence-corrected chi connectivity index (χ2v) is 10.4. The smallest absolute Gasteiger partial charge is 0.308 e. The number of H-pyrrole nitrogens is 1. The summed E-state index contributed by atoms with van der Waals surface area (Å²) in [6, 6.07) is 16.2. The fourth-order valence-corrected chi connectivity index (χ4v) is 6.39. The number of benzene rings is 2. The van der Waals surface area contributed by atoms with Crippen molar-refractivity contribution < 1.29 is 19.0 Å². The number of carbonyl (C=O) groups is 1. The van der Waals surface area contributed by atoms with Crippen LogP contribution in [0, 0.1) is 23.6 Å². The van der Waals surface area contributed by atoms with Crippen LogP contribution < -0.4 is 10.1 Å². The Kier molecular flexibility index (Phi) is 5.65. The first-order valence-electron chi connectivity index (χ1n) is 13.2. The molecular formula is C30H26FN5O3. The molecule has 3 saturated carbocycles. The number of para-hydroxylation sites is 2. The summed E-state index contributed by atoms with van der Waals surface area (Å²) in [6.45, 7) is 0. The van der Waals surface area contributed by atoms with Crippen molar-refractivity contribution in [1.29, 1.82) is 0 Å². The molecule has 0 spiro atoms. The van der Waals surface area contributed by atoms with Crippen LogP contribution in [-0.4, -0.2) is 37.1 Å². The largest absolute Gasteiger partial charge is 0.481 e. The van der Waals surface area contributed by atoms with Crippen LogP contribution in [0.4, 0.5) is 10.2 Å². The van der Waals surface area contributed by atoms with Gasteiger partial charge >= 0.3 is 5.97 Å². The predicted molar refractivity (Wildman–Crippen MR) is 145 cm³/mol. The van der Waals surface area contributed by atoms with Crippen molar-refractivity contribution in [2.45, 2.75) is 31.7 Å². The molecule has 3 aliphatic carbocycles. The molecule has 5 aromatic rings. The van der Waals surface area contributed by atoms with E-state index >= 15 is 0 Å². The highest BCUT2D eigenvalue weighted by Gasteiger charge is 2.47.